The van der Waals surface area contributed by atoms with Crippen molar-refractivity contribution in [1.82, 2.24) is 10.0 Å². The highest BCUT2D eigenvalue weighted by molar-refractivity contribution is 6.14. The van der Waals surface area contributed by atoms with Crippen LogP contribution in [0.3, 0.4) is 0 Å². The van der Waals surface area contributed by atoms with Crippen LogP contribution in [0, 0.1) is 5.41 Å². The highest BCUT2D eigenvalue weighted by Crippen LogP contribution is 1.85. The Balaban J connectivity index is 2.73. The fraction of sp³-hybridized carbons (Fsp3) is 0. The third-order valence-electron chi connectivity index (χ3n) is 0.732. The molecule has 1 heterocycles. The Hall–Kier alpha value is -1.19. The van der Waals surface area contributed by atoms with Gasteiger partial charge in [-0.2, -0.15) is 0 Å². The summed E-state index contributed by atoms with van der Waals surface area (Å²) in [5, 5.41) is 7.39. The van der Waals surface area contributed by atoms with Crippen molar-refractivity contribution in [2.75, 3.05) is 0 Å². The molecular formula is CH5N5O3Si. The van der Waals surface area contributed by atoms with E-state index in [1.54, 1.807) is 0 Å². The van der Waals surface area contributed by atoms with Crippen LogP contribution < -0.4 is 11.7 Å². The molecule has 0 bridgehead atoms. The van der Waals surface area contributed by atoms with Crippen LogP contribution in [0.5, 0.6) is 0 Å². The van der Waals surface area contributed by atoms with E-state index in [-0.39, 0.29) is 0 Å². The summed E-state index contributed by atoms with van der Waals surface area (Å²) in [6, 6.07) is 0. The lowest BCUT2D eigenvalue weighted by atomic mass is 11.0. The fourth-order valence-corrected chi connectivity index (χ4v) is 0.780. The summed E-state index contributed by atoms with van der Waals surface area (Å²) in [5.41, 5.74) is 0. The minimum absolute atomic E-state index is 0.426. The Labute approximate surface area is 55.8 Å². The van der Waals surface area contributed by atoms with Crippen LogP contribution >= 0.6 is 0 Å². The van der Waals surface area contributed by atoms with Gasteiger partial charge in [0.25, 0.3) is 5.96 Å². The molecule has 8 nitrogen and oxygen atoms in total. The minimum Gasteiger partial charge on any atom is -0.335 e. The first-order valence-electron chi connectivity index (χ1n) is 2.19. The minimum atomic E-state index is -2.42. The van der Waals surface area contributed by atoms with Gasteiger partial charge in [-0.1, -0.05) is 0 Å². The van der Waals surface area contributed by atoms with Crippen molar-refractivity contribution in [1.29, 1.82) is 5.41 Å². The maximum atomic E-state index is 10.1. The zero-order chi connectivity index (χ0) is 7.72. The zero-order valence-electron chi connectivity index (χ0n) is 4.77. The van der Waals surface area contributed by atoms with E-state index in [0.29, 0.717) is 10.0 Å². The van der Waals surface area contributed by atoms with Crippen molar-refractivity contribution in [3.8, 4) is 0 Å². The number of aromatic nitrogens is 1. The molecule has 0 spiro atoms. The van der Waals surface area contributed by atoms with E-state index in [1.165, 1.54) is 0 Å². The molecular weight excluding hydrogens is 158 g/mol. The van der Waals surface area contributed by atoms with Crippen molar-refractivity contribution < 1.29 is 12.9 Å². The van der Waals surface area contributed by atoms with Crippen molar-refractivity contribution in [2.24, 2.45) is 11.7 Å². The van der Waals surface area contributed by atoms with Gasteiger partial charge in [-0.25, -0.2) is 16.8 Å². The van der Waals surface area contributed by atoms with Crippen LogP contribution in [-0.2, 0) is 4.46 Å². The second kappa shape index (κ2) is 2.21. The summed E-state index contributed by atoms with van der Waals surface area (Å²) in [5.74, 6) is 9.35. The molecule has 9 heteroatoms. The first kappa shape index (κ1) is 6.92. The van der Waals surface area contributed by atoms with Crippen LogP contribution in [0.25, 0.3) is 0 Å². The summed E-state index contributed by atoms with van der Waals surface area (Å²) >= 11 is 0. The molecule has 0 aliphatic rings. The number of nitrogens with two attached hydrogens (primary N) is 2. The van der Waals surface area contributed by atoms with Crippen LogP contribution in [0.1, 0.15) is 0 Å². The fourth-order valence-electron chi connectivity index (χ4n) is 0.323. The maximum absolute atomic E-state index is 10.1. The Morgan fingerprint density at radius 3 is 2.40 bits per heavy atom. The Bertz CT molecular complexity index is 264. The second-order valence-electron chi connectivity index (χ2n) is 1.42. The Morgan fingerprint density at radius 1 is 1.60 bits per heavy atom. The van der Waals surface area contributed by atoms with Crippen LogP contribution in [-0.4, -0.2) is 24.8 Å². The molecule has 0 radical (unpaired) electrons. The predicted octanol–water partition coefficient (Wildman–Crippen LogP) is -1.99. The van der Waals surface area contributed by atoms with Crippen molar-refractivity contribution in [3.05, 3.63) is 0 Å². The van der Waals surface area contributed by atoms with Gasteiger partial charge in [0.05, 0.1) is 0 Å². The molecule has 5 N–H and O–H groups in total. The van der Waals surface area contributed by atoms with Gasteiger partial charge >= 0.3 is 8.80 Å². The topological polar surface area (TPSA) is 127 Å². The third-order valence-corrected chi connectivity index (χ3v) is 1.36. The number of hydrogen-bond acceptors (Lipinski definition) is 6. The molecule has 1 rings (SSSR count). The van der Waals surface area contributed by atoms with E-state index in [4.69, 9.17) is 17.1 Å². The van der Waals surface area contributed by atoms with Crippen LogP contribution in [0.15, 0.2) is 8.41 Å². The van der Waals surface area contributed by atoms with E-state index >= 15 is 0 Å². The number of rotatable bonds is 0. The largest absolute Gasteiger partial charge is 0.825 e. The number of hydrazine groups is 2. The molecule has 0 aliphatic heterocycles. The van der Waals surface area contributed by atoms with Gasteiger partial charge in [-0.05, 0) is 4.91 Å². The first-order chi connectivity index (χ1) is 4.61. The highest BCUT2D eigenvalue weighted by Gasteiger charge is 2.13. The van der Waals surface area contributed by atoms with E-state index in [1.807, 2.05) is 0 Å². The highest BCUT2D eigenvalue weighted by atomic mass is 28.2. The summed E-state index contributed by atoms with van der Waals surface area (Å²) in [6.45, 7) is 0. The van der Waals surface area contributed by atoms with Gasteiger partial charge in [0.15, 0.2) is 0 Å². The Kier molecular flexibility index (Phi) is 1.53. The van der Waals surface area contributed by atoms with Gasteiger partial charge < -0.3 is 8.41 Å². The van der Waals surface area contributed by atoms with Crippen molar-refractivity contribution in [2.45, 2.75) is 0 Å². The molecule has 0 fully saturated rings. The van der Waals surface area contributed by atoms with Crippen LogP contribution in [0.4, 0.5) is 0 Å². The van der Waals surface area contributed by atoms with Gasteiger partial charge in [0.2, 0.25) is 0 Å². The lowest BCUT2D eigenvalue weighted by Crippen LogP contribution is -2.47. The second-order valence-corrected chi connectivity index (χ2v) is 2.29. The van der Waals surface area contributed by atoms with Gasteiger partial charge in [0, 0.05) is 0 Å². The molecule has 1 aromatic heterocycles. The van der Waals surface area contributed by atoms with E-state index < -0.39 is 14.8 Å². The van der Waals surface area contributed by atoms with Gasteiger partial charge in [-0.15, -0.1) is 0 Å². The molecule has 1 aromatic rings. The molecule has 0 unspecified atom stereocenters. The van der Waals surface area contributed by atoms with Gasteiger partial charge in [-0.3, -0.25) is 9.87 Å². The standard InChI is InChI=1S/CH5N5O3Si/c2-1(5(3)4)6-8-10(7)9-6/h2H,3-4H2. The first-order valence-corrected chi connectivity index (χ1v) is 3.42. The predicted molar refractivity (Wildman–Crippen MR) is 28.7 cm³/mol. The number of hydrogen-bond donors (Lipinski definition) is 3. The monoisotopic (exact) mass is 163 g/mol. The molecule has 56 valence electrons. The molecule has 0 aromatic carbocycles. The van der Waals surface area contributed by atoms with E-state index in [0.717, 1.165) is 0 Å². The summed E-state index contributed by atoms with van der Waals surface area (Å²) in [7, 11) is -2.42. The Morgan fingerprint density at radius 2 is 2.10 bits per heavy atom. The third kappa shape index (κ3) is 1.05. The SMILES string of the molecule is N=C(N(N)N)n1o[si](=O)o1. The number of nitrogens with zero attached hydrogens (tertiary/aromatic N) is 2. The summed E-state index contributed by atoms with van der Waals surface area (Å²) in [6.07, 6.45) is 0. The maximum Gasteiger partial charge on any atom is 0.825 e. The summed E-state index contributed by atoms with van der Waals surface area (Å²) < 4.78 is 18.7. The van der Waals surface area contributed by atoms with Crippen molar-refractivity contribution >= 4 is 14.8 Å². The van der Waals surface area contributed by atoms with Gasteiger partial charge in [0.1, 0.15) is 0 Å². The molecule has 0 aliphatic carbocycles. The molecule has 0 saturated heterocycles. The van der Waals surface area contributed by atoms with Crippen molar-refractivity contribution in [3.63, 3.8) is 0 Å². The zero-order valence-corrected chi connectivity index (χ0v) is 5.77. The average molecular weight is 163 g/mol. The molecule has 0 saturated carbocycles. The quantitative estimate of drug-likeness (QED) is 0.133. The van der Waals surface area contributed by atoms with E-state index in [9.17, 15) is 4.46 Å². The normalized spacial score (nSPS) is 9.80. The average Bonchev–Trinajstić information content (AvgIpc) is 1.79. The molecule has 10 heavy (non-hydrogen) atoms. The summed E-state index contributed by atoms with van der Waals surface area (Å²) in [4.78, 5) is 0.557. The van der Waals surface area contributed by atoms with E-state index in [2.05, 4.69) is 8.41 Å². The van der Waals surface area contributed by atoms with Crippen LogP contribution in [0.2, 0.25) is 0 Å². The number of nitrogens with one attached hydrogen (secondary N) is 1. The lowest BCUT2D eigenvalue weighted by molar-refractivity contribution is 0.0795. The molecule has 0 atom stereocenters. The molecule has 0 amide bonds. The lowest BCUT2D eigenvalue weighted by Gasteiger charge is -2.11. The smallest absolute Gasteiger partial charge is 0.335 e.